The fraction of sp³-hybridized carbons (Fsp3) is 0.429. The summed E-state index contributed by atoms with van der Waals surface area (Å²) in [5.74, 6) is 0.839. The molecule has 1 fully saturated rings. The number of fused-ring (bicyclic) bond motifs is 3. The van der Waals surface area contributed by atoms with E-state index in [1.54, 1.807) is 0 Å². The molecule has 22 heavy (non-hydrogen) atoms. The number of benzene rings is 2. The molecule has 2 aliphatic carbocycles. The van der Waals surface area contributed by atoms with Crippen LogP contribution in [0, 0.1) is 5.92 Å². The Bertz CT molecular complexity index is 678. The second-order valence-corrected chi connectivity index (χ2v) is 7.06. The second kappa shape index (κ2) is 5.79. The molecule has 0 aromatic heterocycles. The lowest BCUT2D eigenvalue weighted by atomic mass is 9.89. The molecule has 0 heterocycles. The SMILES string of the molecule is Nc1c(CC2CCCCCC2)ccc2c1Cc1ccccc1-2. The molecule has 0 unspecified atom stereocenters. The first-order valence-corrected chi connectivity index (χ1v) is 8.81. The summed E-state index contributed by atoms with van der Waals surface area (Å²) in [5.41, 5.74) is 14.6. The number of nitrogens with two attached hydrogens (primary N) is 1. The molecule has 1 nitrogen and oxygen atoms in total. The average molecular weight is 291 g/mol. The summed E-state index contributed by atoms with van der Waals surface area (Å²) in [7, 11) is 0. The van der Waals surface area contributed by atoms with Crippen LogP contribution in [0.3, 0.4) is 0 Å². The van der Waals surface area contributed by atoms with E-state index in [4.69, 9.17) is 5.73 Å². The maximum atomic E-state index is 6.57. The number of rotatable bonds is 2. The molecule has 0 saturated heterocycles. The Morgan fingerprint density at radius 2 is 1.64 bits per heavy atom. The van der Waals surface area contributed by atoms with Crippen LogP contribution in [-0.4, -0.2) is 0 Å². The zero-order valence-corrected chi connectivity index (χ0v) is 13.3. The zero-order valence-electron chi connectivity index (χ0n) is 13.3. The van der Waals surface area contributed by atoms with E-state index in [2.05, 4.69) is 36.4 Å². The summed E-state index contributed by atoms with van der Waals surface area (Å²) in [6, 6.07) is 13.3. The molecule has 0 amide bonds. The monoisotopic (exact) mass is 291 g/mol. The molecule has 2 N–H and O–H groups in total. The van der Waals surface area contributed by atoms with Crippen LogP contribution in [0.5, 0.6) is 0 Å². The number of anilines is 1. The zero-order chi connectivity index (χ0) is 14.9. The van der Waals surface area contributed by atoms with Gasteiger partial charge in [-0.25, -0.2) is 0 Å². The van der Waals surface area contributed by atoms with Crippen LogP contribution in [0.4, 0.5) is 5.69 Å². The van der Waals surface area contributed by atoms with Crippen LogP contribution in [-0.2, 0) is 12.8 Å². The van der Waals surface area contributed by atoms with Crippen LogP contribution in [0.25, 0.3) is 11.1 Å². The third-order valence-corrected chi connectivity index (χ3v) is 5.61. The minimum absolute atomic E-state index is 0.839. The predicted octanol–water partition coefficient (Wildman–Crippen LogP) is 5.35. The normalized spacial score (nSPS) is 17.8. The van der Waals surface area contributed by atoms with E-state index in [-0.39, 0.29) is 0 Å². The van der Waals surface area contributed by atoms with Gasteiger partial charge in [-0.1, -0.05) is 74.9 Å². The highest BCUT2D eigenvalue weighted by Crippen LogP contribution is 2.41. The third kappa shape index (κ3) is 2.43. The highest BCUT2D eigenvalue weighted by atomic mass is 14.6. The van der Waals surface area contributed by atoms with Gasteiger partial charge in [0.25, 0.3) is 0 Å². The van der Waals surface area contributed by atoms with E-state index in [0.717, 1.165) is 18.0 Å². The van der Waals surface area contributed by atoms with Gasteiger partial charge in [-0.05, 0) is 40.2 Å². The van der Waals surface area contributed by atoms with Gasteiger partial charge >= 0.3 is 0 Å². The molecule has 0 bridgehead atoms. The van der Waals surface area contributed by atoms with Crippen molar-refractivity contribution in [3.63, 3.8) is 0 Å². The van der Waals surface area contributed by atoms with E-state index in [1.807, 2.05) is 0 Å². The maximum absolute atomic E-state index is 6.57. The van der Waals surface area contributed by atoms with Crippen molar-refractivity contribution in [1.82, 2.24) is 0 Å². The van der Waals surface area contributed by atoms with Crippen LogP contribution in [0.2, 0.25) is 0 Å². The molecule has 0 radical (unpaired) electrons. The van der Waals surface area contributed by atoms with Gasteiger partial charge in [0.05, 0.1) is 0 Å². The average Bonchev–Trinajstić information content (AvgIpc) is 2.72. The number of hydrogen-bond donors (Lipinski definition) is 1. The molecule has 114 valence electrons. The molecule has 1 saturated carbocycles. The van der Waals surface area contributed by atoms with Gasteiger partial charge < -0.3 is 5.73 Å². The Balaban J connectivity index is 1.62. The molecule has 2 aromatic carbocycles. The fourth-order valence-electron chi connectivity index (χ4n) is 4.34. The first-order chi connectivity index (χ1) is 10.8. The minimum Gasteiger partial charge on any atom is -0.398 e. The predicted molar refractivity (Wildman–Crippen MR) is 94.0 cm³/mol. The molecular formula is C21H25N. The van der Waals surface area contributed by atoms with Gasteiger partial charge in [0.2, 0.25) is 0 Å². The first-order valence-electron chi connectivity index (χ1n) is 8.81. The van der Waals surface area contributed by atoms with E-state index in [9.17, 15) is 0 Å². The van der Waals surface area contributed by atoms with Gasteiger partial charge in [0.1, 0.15) is 0 Å². The summed E-state index contributed by atoms with van der Waals surface area (Å²) < 4.78 is 0. The number of hydrogen-bond acceptors (Lipinski definition) is 1. The lowest BCUT2D eigenvalue weighted by molar-refractivity contribution is 0.458. The fourth-order valence-corrected chi connectivity index (χ4v) is 4.34. The van der Waals surface area contributed by atoms with Gasteiger partial charge in [0, 0.05) is 12.1 Å². The Morgan fingerprint density at radius 3 is 2.45 bits per heavy atom. The Kier molecular flexibility index (Phi) is 3.65. The van der Waals surface area contributed by atoms with E-state index >= 15 is 0 Å². The minimum atomic E-state index is 0.839. The van der Waals surface area contributed by atoms with Crippen LogP contribution < -0.4 is 5.73 Å². The Labute approximate surface area is 133 Å². The van der Waals surface area contributed by atoms with E-state index < -0.39 is 0 Å². The lowest BCUT2D eigenvalue weighted by Crippen LogP contribution is -2.07. The van der Waals surface area contributed by atoms with Gasteiger partial charge in [0.15, 0.2) is 0 Å². The molecule has 2 aliphatic rings. The second-order valence-electron chi connectivity index (χ2n) is 7.06. The standard InChI is InChI=1S/C21H25N/c22-21-17(13-15-7-3-1-2-4-8-15)11-12-19-18-10-6-5-9-16(18)14-20(19)21/h5-6,9-12,15H,1-4,7-8,13-14,22H2. The topological polar surface area (TPSA) is 26.0 Å². The first kappa shape index (κ1) is 13.9. The highest BCUT2D eigenvalue weighted by Gasteiger charge is 2.22. The van der Waals surface area contributed by atoms with Crippen molar-refractivity contribution in [2.45, 2.75) is 51.4 Å². The smallest absolute Gasteiger partial charge is 0.0388 e. The quantitative estimate of drug-likeness (QED) is 0.499. The van der Waals surface area contributed by atoms with Crippen molar-refractivity contribution in [2.24, 2.45) is 5.92 Å². The molecular weight excluding hydrogens is 266 g/mol. The molecule has 0 aliphatic heterocycles. The van der Waals surface area contributed by atoms with Gasteiger partial charge in [-0.2, -0.15) is 0 Å². The highest BCUT2D eigenvalue weighted by molar-refractivity contribution is 5.82. The van der Waals surface area contributed by atoms with Crippen molar-refractivity contribution in [2.75, 3.05) is 5.73 Å². The molecule has 2 aromatic rings. The van der Waals surface area contributed by atoms with Gasteiger partial charge in [-0.15, -0.1) is 0 Å². The molecule has 0 spiro atoms. The van der Waals surface area contributed by atoms with Crippen molar-refractivity contribution in [1.29, 1.82) is 0 Å². The largest absolute Gasteiger partial charge is 0.398 e. The van der Waals surface area contributed by atoms with Gasteiger partial charge in [-0.3, -0.25) is 0 Å². The van der Waals surface area contributed by atoms with Crippen molar-refractivity contribution in [3.8, 4) is 11.1 Å². The molecule has 1 heteroatoms. The third-order valence-electron chi connectivity index (χ3n) is 5.61. The van der Waals surface area contributed by atoms with Crippen molar-refractivity contribution < 1.29 is 0 Å². The number of nitrogen functional groups attached to an aromatic ring is 1. The Morgan fingerprint density at radius 1 is 0.864 bits per heavy atom. The summed E-state index contributed by atoms with van der Waals surface area (Å²) in [4.78, 5) is 0. The summed E-state index contributed by atoms with van der Waals surface area (Å²) in [5, 5.41) is 0. The van der Waals surface area contributed by atoms with Crippen LogP contribution in [0.15, 0.2) is 36.4 Å². The maximum Gasteiger partial charge on any atom is 0.0388 e. The van der Waals surface area contributed by atoms with E-state index in [1.165, 1.54) is 72.8 Å². The summed E-state index contributed by atoms with van der Waals surface area (Å²) in [6.45, 7) is 0. The van der Waals surface area contributed by atoms with Crippen molar-refractivity contribution in [3.05, 3.63) is 53.1 Å². The molecule has 0 atom stereocenters. The summed E-state index contributed by atoms with van der Waals surface area (Å²) >= 11 is 0. The molecule has 4 rings (SSSR count). The lowest BCUT2D eigenvalue weighted by Gasteiger charge is -2.17. The Hall–Kier alpha value is -1.76. The van der Waals surface area contributed by atoms with E-state index in [0.29, 0.717) is 0 Å². The van der Waals surface area contributed by atoms with Crippen LogP contribution in [0.1, 0.15) is 55.2 Å². The van der Waals surface area contributed by atoms with Crippen LogP contribution >= 0.6 is 0 Å². The van der Waals surface area contributed by atoms with Crippen molar-refractivity contribution >= 4 is 5.69 Å². The summed E-state index contributed by atoms with van der Waals surface area (Å²) in [6.07, 6.45) is 10.6.